The first-order valence-electron chi connectivity index (χ1n) is 14.6. The van der Waals surface area contributed by atoms with Gasteiger partial charge in [-0.05, 0) is 50.8 Å². The van der Waals surface area contributed by atoms with Crippen molar-refractivity contribution in [1.29, 1.82) is 0 Å². The van der Waals surface area contributed by atoms with Gasteiger partial charge in [-0.1, -0.05) is 13.3 Å². The standard InChI is InChI=1S/C30H39N7O3/c1-4-5-6-27-31-15-21(33-27)18-35-9-10-36(17-20(35)3)30(39)23-14-24-26(13-19(23)2)34-29(38)25-16-32-37(28(24)25)22-7-11-40-12-8-22/h13-16,20,22H,4-12,17-18H2,1-3H3,(H,31,33)(H,34,38)/t20-/m0/s1. The molecular weight excluding hydrogens is 506 g/mol. The van der Waals surface area contributed by atoms with Crippen molar-refractivity contribution in [3.63, 3.8) is 0 Å². The molecule has 2 aliphatic rings. The van der Waals surface area contributed by atoms with Gasteiger partial charge in [0.15, 0.2) is 0 Å². The van der Waals surface area contributed by atoms with Gasteiger partial charge in [-0.15, -0.1) is 0 Å². The molecule has 40 heavy (non-hydrogen) atoms. The third-order valence-electron chi connectivity index (χ3n) is 8.54. The van der Waals surface area contributed by atoms with Crippen molar-refractivity contribution < 1.29 is 9.53 Å². The van der Waals surface area contributed by atoms with Gasteiger partial charge in [-0.2, -0.15) is 5.10 Å². The van der Waals surface area contributed by atoms with Crippen molar-refractivity contribution in [2.45, 2.75) is 71.5 Å². The van der Waals surface area contributed by atoms with E-state index >= 15 is 0 Å². The number of imidazole rings is 1. The van der Waals surface area contributed by atoms with E-state index in [0.29, 0.717) is 37.3 Å². The first-order chi connectivity index (χ1) is 19.4. The fourth-order valence-electron chi connectivity index (χ4n) is 6.18. The summed E-state index contributed by atoms with van der Waals surface area (Å²) >= 11 is 0. The summed E-state index contributed by atoms with van der Waals surface area (Å²) in [6, 6.07) is 4.27. The van der Waals surface area contributed by atoms with E-state index in [1.165, 1.54) is 0 Å². The molecule has 0 bridgehead atoms. The summed E-state index contributed by atoms with van der Waals surface area (Å²) in [5.41, 5.74) is 3.97. The summed E-state index contributed by atoms with van der Waals surface area (Å²) in [6.07, 6.45) is 8.64. The van der Waals surface area contributed by atoms with Crippen LogP contribution >= 0.6 is 0 Å². The molecule has 5 heterocycles. The second-order valence-corrected chi connectivity index (χ2v) is 11.4. The highest BCUT2D eigenvalue weighted by atomic mass is 16.5. The molecule has 10 heteroatoms. The van der Waals surface area contributed by atoms with Gasteiger partial charge in [0, 0.05) is 69.0 Å². The van der Waals surface area contributed by atoms with Crippen LogP contribution in [0.2, 0.25) is 0 Å². The van der Waals surface area contributed by atoms with Crippen LogP contribution in [0.3, 0.4) is 0 Å². The molecule has 1 aromatic carbocycles. The number of hydrogen-bond acceptors (Lipinski definition) is 6. The molecule has 2 saturated heterocycles. The third-order valence-corrected chi connectivity index (χ3v) is 8.54. The molecule has 2 aliphatic heterocycles. The number of nitrogens with one attached hydrogen (secondary N) is 2. The molecule has 212 valence electrons. The number of hydrogen-bond donors (Lipinski definition) is 2. The first kappa shape index (κ1) is 26.7. The fourth-order valence-corrected chi connectivity index (χ4v) is 6.18. The molecule has 2 fully saturated rings. The number of carbonyl (C=O) groups excluding carboxylic acids is 1. The second kappa shape index (κ2) is 11.2. The van der Waals surface area contributed by atoms with E-state index in [4.69, 9.17) is 9.72 Å². The number of aromatic nitrogens is 5. The van der Waals surface area contributed by atoms with Crippen molar-refractivity contribution in [2.75, 3.05) is 32.8 Å². The Hall–Kier alpha value is -3.50. The smallest absolute Gasteiger partial charge is 0.259 e. The van der Waals surface area contributed by atoms with Gasteiger partial charge in [-0.25, -0.2) is 4.98 Å². The second-order valence-electron chi connectivity index (χ2n) is 11.4. The number of benzene rings is 1. The van der Waals surface area contributed by atoms with E-state index in [1.807, 2.05) is 34.8 Å². The Kier molecular flexibility index (Phi) is 7.46. The molecular formula is C30H39N7O3. The highest BCUT2D eigenvalue weighted by molar-refractivity contribution is 6.07. The molecule has 0 spiro atoms. The van der Waals surface area contributed by atoms with Crippen molar-refractivity contribution in [1.82, 2.24) is 34.5 Å². The van der Waals surface area contributed by atoms with Crippen molar-refractivity contribution in [3.05, 3.63) is 57.5 Å². The zero-order valence-corrected chi connectivity index (χ0v) is 23.7. The molecule has 0 unspecified atom stereocenters. The van der Waals surface area contributed by atoms with Gasteiger partial charge < -0.3 is 19.6 Å². The lowest BCUT2D eigenvalue weighted by Gasteiger charge is -2.39. The van der Waals surface area contributed by atoms with Crippen LogP contribution in [0.15, 0.2) is 29.3 Å². The Labute approximate surface area is 233 Å². The van der Waals surface area contributed by atoms with Crippen LogP contribution in [0.5, 0.6) is 0 Å². The van der Waals surface area contributed by atoms with Crippen LogP contribution in [0, 0.1) is 6.92 Å². The number of aromatic amines is 2. The lowest BCUT2D eigenvalue weighted by atomic mass is 10.0. The molecule has 6 rings (SSSR count). The van der Waals surface area contributed by atoms with Crippen LogP contribution in [0.4, 0.5) is 0 Å². The number of nitrogens with zero attached hydrogens (tertiary/aromatic N) is 5. The number of rotatable bonds is 7. The van der Waals surface area contributed by atoms with Gasteiger partial charge in [0.05, 0.1) is 34.4 Å². The quantitative estimate of drug-likeness (QED) is 0.364. The summed E-state index contributed by atoms with van der Waals surface area (Å²) in [5.74, 6) is 1.09. The van der Waals surface area contributed by atoms with Crippen LogP contribution in [-0.4, -0.2) is 79.3 Å². The monoisotopic (exact) mass is 545 g/mol. The first-order valence-corrected chi connectivity index (χ1v) is 14.6. The minimum Gasteiger partial charge on any atom is -0.381 e. The summed E-state index contributed by atoms with van der Waals surface area (Å²) in [5, 5.41) is 6.03. The molecule has 0 radical (unpaired) electrons. The highest BCUT2D eigenvalue weighted by Gasteiger charge is 2.29. The topological polar surface area (TPSA) is 112 Å². The third kappa shape index (κ3) is 5.06. The number of fused-ring (bicyclic) bond motifs is 3. The van der Waals surface area contributed by atoms with Gasteiger partial charge in [-0.3, -0.25) is 19.2 Å². The van der Waals surface area contributed by atoms with Gasteiger partial charge >= 0.3 is 0 Å². The summed E-state index contributed by atoms with van der Waals surface area (Å²) in [7, 11) is 0. The molecule has 10 nitrogen and oxygen atoms in total. The molecule has 1 atom stereocenters. The van der Waals surface area contributed by atoms with Crippen LogP contribution in [-0.2, 0) is 17.7 Å². The number of unbranched alkanes of at least 4 members (excludes halogenated alkanes) is 1. The Morgan fingerprint density at radius 2 is 2.00 bits per heavy atom. The van der Waals surface area contributed by atoms with Crippen molar-refractivity contribution >= 4 is 27.7 Å². The summed E-state index contributed by atoms with van der Waals surface area (Å²) < 4.78 is 7.53. The van der Waals surface area contributed by atoms with E-state index in [-0.39, 0.29) is 23.6 Å². The zero-order chi connectivity index (χ0) is 27.8. The molecule has 0 aliphatic carbocycles. The number of carbonyl (C=O) groups is 1. The zero-order valence-electron chi connectivity index (χ0n) is 23.7. The van der Waals surface area contributed by atoms with E-state index < -0.39 is 0 Å². The Balaban J connectivity index is 1.24. The number of piperazine rings is 1. The number of amides is 1. The van der Waals surface area contributed by atoms with E-state index in [0.717, 1.165) is 78.7 Å². The van der Waals surface area contributed by atoms with E-state index in [2.05, 4.69) is 33.8 Å². The number of pyridine rings is 1. The lowest BCUT2D eigenvalue weighted by Crippen LogP contribution is -2.53. The number of aryl methyl sites for hydroxylation is 2. The largest absolute Gasteiger partial charge is 0.381 e. The van der Waals surface area contributed by atoms with E-state index in [1.54, 1.807) is 6.20 Å². The molecule has 1 amide bonds. The molecule has 4 aromatic rings. The van der Waals surface area contributed by atoms with E-state index in [9.17, 15) is 9.59 Å². The lowest BCUT2D eigenvalue weighted by molar-refractivity contribution is 0.0492. The maximum absolute atomic E-state index is 13.9. The summed E-state index contributed by atoms with van der Waals surface area (Å²) in [4.78, 5) is 42.2. The minimum absolute atomic E-state index is 0.0315. The number of H-pyrrole nitrogens is 2. The normalized spacial score (nSPS) is 19.2. The molecule has 0 saturated carbocycles. The van der Waals surface area contributed by atoms with Crippen molar-refractivity contribution in [2.24, 2.45) is 0 Å². The predicted molar refractivity (Wildman–Crippen MR) is 155 cm³/mol. The van der Waals surface area contributed by atoms with Gasteiger partial charge in [0.1, 0.15) is 5.82 Å². The molecule has 3 aromatic heterocycles. The van der Waals surface area contributed by atoms with Gasteiger partial charge in [0.25, 0.3) is 11.5 Å². The Morgan fingerprint density at radius 1 is 1.18 bits per heavy atom. The Bertz CT molecular complexity index is 1580. The number of ether oxygens (including phenoxy) is 1. The maximum atomic E-state index is 13.9. The SMILES string of the molecule is CCCCc1nc(CN2CCN(C(=O)c3cc4c(cc3C)[nH]c(=O)c3cnn(C5CCOCC5)c34)C[C@@H]2C)c[nH]1. The minimum atomic E-state index is -0.154. The predicted octanol–water partition coefficient (Wildman–Crippen LogP) is 3.95. The van der Waals surface area contributed by atoms with Crippen LogP contribution in [0.1, 0.15) is 73.0 Å². The van der Waals surface area contributed by atoms with Gasteiger partial charge in [0.2, 0.25) is 0 Å². The van der Waals surface area contributed by atoms with Crippen LogP contribution in [0.25, 0.3) is 21.8 Å². The fraction of sp³-hybridized carbons (Fsp3) is 0.533. The summed E-state index contributed by atoms with van der Waals surface area (Å²) in [6.45, 7) is 10.6. The molecule has 2 N–H and O–H groups in total. The maximum Gasteiger partial charge on any atom is 0.259 e. The highest BCUT2D eigenvalue weighted by Crippen LogP contribution is 2.30. The van der Waals surface area contributed by atoms with Crippen LogP contribution < -0.4 is 5.56 Å². The van der Waals surface area contributed by atoms with Crippen molar-refractivity contribution in [3.8, 4) is 0 Å². The average molecular weight is 546 g/mol. The average Bonchev–Trinajstić information content (AvgIpc) is 3.61. The Morgan fingerprint density at radius 3 is 2.77 bits per heavy atom.